The van der Waals surface area contributed by atoms with Crippen molar-refractivity contribution < 1.29 is 24.2 Å². The molecule has 1 saturated heterocycles. The third kappa shape index (κ3) is 1.90. The summed E-state index contributed by atoms with van der Waals surface area (Å²) in [6, 6.07) is -0.883. The van der Waals surface area contributed by atoms with Crippen LogP contribution in [0.2, 0.25) is 0 Å². The van der Waals surface area contributed by atoms with E-state index < -0.39 is 38.0 Å². The highest BCUT2D eigenvalue weighted by atomic mass is 16.8. The van der Waals surface area contributed by atoms with Crippen LogP contribution in [0.3, 0.4) is 0 Å². The first-order valence-corrected chi connectivity index (χ1v) is 4.91. The number of nitrogens with zero attached hydrogens (tertiary/aromatic N) is 3. The molecular formula is C8H6N3O8-. The van der Waals surface area contributed by atoms with Gasteiger partial charge in [0.2, 0.25) is 0 Å². The molecule has 0 aromatic rings. The first kappa shape index (κ1) is 12.9. The van der Waals surface area contributed by atoms with E-state index in [1.165, 1.54) is 0 Å². The Labute approximate surface area is 104 Å². The topological polar surface area (TPSA) is 148 Å². The number of nitro groups is 3. The van der Waals surface area contributed by atoms with Crippen molar-refractivity contribution in [2.45, 2.75) is 5.79 Å². The first-order valence-electron chi connectivity index (χ1n) is 4.91. The number of rotatable bonds is 3. The fourth-order valence-electron chi connectivity index (χ4n) is 1.80. The van der Waals surface area contributed by atoms with Gasteiger partial charge in [0.05, 0.1) is 18.1 Å². The molecule has 0 atom stereocenters. The number of hydrogen-bond donors (Lipinski definition) is 0. The lowest BCUT2D eigenvalue weighted by Crippen LogP contribution is -2.47. The third-order valence-corrected chi connectivity index (χ3v) is 2.54. The van der Waals surface area contributed by atoms with Crippen molar-refractivity contribution in [1.29, 1.82) is 0 Å². The zero-order chi connectivity index (χ0) is 14.2. The maximum Gasteiger partial charge on any atom is 0.287 e. The summed E-state index contributed by atoms with van der Waals surface area (Å²) in [4.78, 5) is 29.6. The standard InChI is InChI=1S/C8H6N3O8/c12-9(13)5-3-6(10(14)15)8(18-1-2-19-8)7(4-5)11(16)17/h3-4H,1-2H2/q-1. The van der Waals surface area contributed by atoms with Gasteiger partial charge in [0.1, 0.15) is 5.70 Å². The minimum Gasteiger partial charge on any atom is -0.344 e. The van der Waals surface area contributed by atoms with Gasteiger partial charge in [0.15, 0.2) is 6.04 Å². The summed E-state index contributed by atoms with van der Waals surface area (Å²) < 4.78 is 9.96. The molecule has 1 heterocycles. The summed E-state index contributed by atoms with van der Waals surface area (Å²) in [5.74, 6) is -2.29. The Morgan fingerprint density at radius 2 is 1.68 bits per heavy atom. The smallest absolute Gasteiger partial charge is 0.287 e. The monoisotopic (exact) mass is 272 g/mol. The summed E-state index contributed by atoms with van der Waals surface area (Å²) in [6.45, 7) is -0.186. The van der Waals surface area contributed by atoms with Crippen molar-refractivity contribution >= 4 is 0 Å². The van der Waals surface area contributed by atoms with E-state index in [1.807, 2.05) is 0 Å². The highest BCUT2D eigenvalue weighted by Crippen LogP contribution is 2.42. The number of hydrogen-bond acceptors (Lipinski definition) is 8. The van der Waals surface area contributed by atoms with Crippen LogP contribution in [0, 0.1) is 36.4 Å². The number of ether oxygens (including phenoxy) is 2. The lowest BCUT2D eigenvalue weighted by atomic mass is 9.97. The minimum absolute atomic E-state index is 0.0931. The van der Waals surface area contributed by atoms with Gasteiger partial charge >= 0.3 is 0 Å². The molecule has 19 heavy (non-hydrogen) atoms. The lowest BCUT2D eigenvalue weighted by molar-refractivity contribution is -0.522. The van der Waals surface area contributed by atoms with E-state index in [0.29, 0.717) is 12.2 Å². The van der Waals surface area contributed by atoms with Gasteiger partial charge in [-0.2, -0.15) is 0 Å². The molecule has 2 rings (SSSR count). The molecule has 2 aliphatic rings. The van der Waals surface area contributed by atoms with Gasteiger partial charge in [-0.1, -0.05) is 6.08 Å². The molecular weight excluding hydrogens is 266 g/mol. The minimum atomic E-state index is -2.29. The highest BCUT2D eigenvalue weighted by molar-refractivity contribution is 5.36. The van der Waals surface area contributed by atoms with Gasteiger partial charge in [0, 0.05) is 6.08 Å². The molecule has 0 amide bonds. The zero-order valence-electron chi connectivity index (χ0n) is 9.18. The normalized spacial score (nSPS) is 20.9. The Hall–Kier alpha value is -2.53. The summed E-state index contributed by atoms with van der Waals surface area (Å²) >= 11 is 0. The Morgan fingerprint density at radius 1 is 1.11 bits per heavy atom. The molecule has 0 bridgehead atoms. The second-order valence-electron chi connectivity index (χ2n) is 3.57. The van der Waals surface area contributed by atoms with Crippen molar-refractivity contribution in [2.24, 2.45) is 0 Å². The molecule has 0 unspecified atom stereocenters. The Balaban J connectivity index is 2.58. The van der Waals surface area contributed by atoms with Crippen LogP contribution in [-0.2, 0) is 9.47 Å². The fraction of sp³-hybridized carbons (Fsp3) is 0.375. The number of allylic oxidation sites excluding steroid dienone is 1. The van der Waals surface area contributed by atoms with Gasteiger partial charge in [-0.05, 0) is 9.85 Å². The summed E-state index contributed by atoms with van der Waals surface area (Å²) in [5, 5.41) is 32.5. The van der Waals surface area contributed by atoms with Crippen LogP contribution >= 0.6 is 0 Å². The van der Waals surface area contributed by atoms with Crippen molar-refractivity contribution in [3.63, 3.8) is 0 Å². The first-order chi connectivity index (χ1) is 8.88. The lowest BCUT2D eigenvalue weighted by Gasteiger charge is -2.32. The second-order valence-corrected chi connectivity index (χ2v) is 3.57. The van der Waals surface area contributed by atoms with Gasteiger partial charge in [-0.25, -0.2) is 0 Å². The molecule has 0 saturated carbocycles. The van der Waals surface area contributed by atoms with Crippen LogP contribution in [0.25, 0.3) is 0 Å². The molecule has 11 heteroatoms. The summed E-state index contributed by atoms with van der Waals surface area (Å²) in [7, 11) is 0. The van der Waals surface area contributed by atoms with E-state index in [-0.39, 0.29) is 13.2 Å². The Morgan fingerprint density at radius 3 is 2.11 bits per heavy atom. The molecule has 1 spiro atoms. The van der Waals surface area contributed by atoms with Crippen LogP contribution in [0.5, 0.6) is 0 Å². The van der Waals surface area contributed by atoms with Crippen LogP contribution < -0.4 is 0 Å². The van der Waals surface area contributed by atoms with Crippen molar-refractivity contribution in [2.75, 3.05) is 13.2 Å². The SMILES string of the molecule is O=[N+]([O-])C1=C[C-]([N+](=O)[O-])C2(OCCO2)C([N+](=O)[O-])=C1. The Bertz CT molecular complexity index is 518. The average Bonchev–Trinajstić information content (AvgIpc) is 2.77. The Kier molecular flexibility index (Phi) is 2.92. The molecule has 1 aliphatic heterocycles. The largest absolute Gasteiger partial charge is 0.344 e. The average molecular weight is 272 g/mol. The summed E-state index contributed by atoms with van der Waals surface area (Å²) in [6.07, 6.45) is 1.19. The van der Waals surface area contributed by atoms with E-state index in [1.54, 1.807) is 0 Å². The van der Waals surface area contributed by atoms with E-state index >= 15 is 0 Å². The fourth-order valence-corrected chi connectivity index (χ4v) is 1.80. The van der Waals surface area contributed by atoms with Crippen molar-refractivity contribution in [3.05, 3.63) is 59.9 Å². The van der Waals surface area contributed by atoms with Gasteiger partial charge in [-0.15, -0.1) is 0 Å². The highest BCUT2D eigenvalue weighted by Gasteiger charge is 2.57. The second kappa shape index (κ2) is 4.29. The zero-order valence-corrected chi connectivity index (χ0v) is 9.18. The van der Waals surface area contributed by atoms with E-state index in [0.717, 1.165) is 0 Å². The predicted molar refractivity (Wildman–Crippen MR) is 55.0 cm³/mol. The van der Waals surface area contributed by atoms with Crippen LogP contribution in [0.1, 0.15) is 0 Å². The molecule has 0 radical (unpaired) electrons. The van der Waals surface area contributed by atoms with Gasteiger partial charge < -0.3 is 9.47 Å². The molecule has 102 valence electrons. The molecule has 1 fully saturated rings. The van der Waals surface area contributed by atoms with Crippen LogP contribution in [-0.4, -0.2) is 33.8 Å². The van der Waals surface area contributed by atoms with Crippen molar-refractivity contribution in [3.8, 4) is 0 Å². The maximum absolute atomic E-state index is 10.9. The molecule has 1 aliphatic carbocycles. The predicted octanol–water partition coefficient (Wildman–Crippen LogP) is -0.127. The molecule has 0 aromatic carbocycles. The quantitative estimate of drug-likeness (QED) is 0.392. The molecule has 11 nitrogen and oxygen atoms in total. The van der Waals surface area contributed by atoms with Gasteiger partial charge in [0.25, 0.3) is 11.5 Å². The third-order valence-electron chi connectivity index (χ3n) is 2.54. The van der Waals surface area contributed by atoms with Gasteiger partial charge in [-0.3, -0.25) is 30.3 Å². The van der Waals surface area contributed by atoms with Crippen molar-refractivity contribution in [1.82, 2.24) is 0 Å². The van der Waals surface area contributed by atoms with Crippen LogP contribution in [0.15, 0.2) is 23.5 Å². The summed E-state index contributed by atoms with van der Waals surface area (Å²) in [5.41, 5.74) is -1.66. The maximum atomic E-state index is 10.9. The van der Waals surface area contributed by atoms with Crippen LogP contribution in [0.4, 0.5) is 0 Å². The molecule has 0 N–H and O–H groups in total. The molecule has 0 aromatic heterocycles. The van der Waals surface area contributed by atoms with E-state index in [4.69, 9.17) is 9.47 Å². The van der Waals surface area contributed by atoms with E-state index in [2.05, 4.69) is 0 Å². The van der Waals surface area contributed by atoms with E-state index in [9.17, 15) is 30.3 Å².